The molecule has 0 unspecified atom stereocenters. The van der Waals surface area contributed by atoms with Crippen LogP contribution in [0.5, 0.6) is 11.5 Å². The Balaban J connectivity index is 2.37. The average molecular weight is 328 g/mol. The van der Waals surface area contributed by atoms with E-state index < -0.39 is 10.0 Å². The fraction of sp³-hybridized carbons (Fsp3) is 0.231. The molecule has 21 heavy (non-hydrogen) atoms. The minimum absolute atomic E-state index is 0.174. The number of benzene rings is 1. The van der Waals surface area contributed by atoms with Crippen molar-refractivity contribution in [2.45, 2.75) is 11.4 Å². The Bertz CT molecular complexity index is 726. The van der Waals surface area contributed by atoms with Crippen LogP contribution in [0.15, 0.2) is 34.5 Å². The van der Waals surface area contributed by atoms with Gasteiger partial charge in [0.15, 0.2) is 0 Å². The van der Waals surface area contributed by atoms with Gasteiger partial charge in [0.25, 0.3) is 10.0 Å². The molecule has 0 spiro atoms. The highest BCUT2D eigenvalue weighted by atomic mass is 32.2. The van der Waals surface area contributed by atoms with Crippen molar-refractivity contribution < 1.29 is 17.9 Å². The number of rotatable bonds is 6. The van der Waals surface area contributed by atoms with Crippen LogP contribution < -0.4 is 19.9 Å². The molecule has 0 saturated carbocycles. The van der Waals surface area contributed by atoms with Crippen molar-refractivity contribution >= 4 is 27.0 Å². The maximum absolute atomic E-state index is 12.4. The largest absolute Gasteiger partial charge is 0.497 e. The maximum atomic E-state index is 12.4. The van der Waals surface area contributed by atoms with E-state index in [9.17, 15) is 8.42 Å². The standard InChI is InChI=1S/C13H16N2O4S2/c1-18-9-3-4-10(11(7-9)19-2)15-21(16,17)13-5-6-20-12(13)8-14/h3-7,15H,8,14H2,1-2H3. The van der Waals surface area contributed by atoms with Crippen LogP contribution in [0.3, 0.4) is 0 Å². The third-order valence-electron chi connectivity index (χ3n) is 2.83. The number of nitrogens with two attached hydrogens (primary N) is 1. The number of hydrogen-bond acceptors (Lipinski definition) is 6. The lowest BCUT2D eigenvalue weighted by Crippen LogP contribution is -2.15. The fourth-order valence-corrected chi connectivity index (χ4v) is 4.21. The van der Waals surface area contributed by atoms with Crippen molar-refractivity contribution in [3.63, 3.8) is 0 Å². The van der Waals surface area contributed by atoms with Gasteiger partial charge in [-0.1, -0.05) is 0 Å². The van der Waals surface area contributed by atoms with Crippen LogP contribution in [0.4, 0.5) is 5.69 Å². The number of hydrogen-bond donors (Lipinski definition) is 2. The summed E-state index contributed by atoms with van der Waals surface area (Å²) < 4.78 is 37.6. The van der Waals surface area contributed by atoms with E-state index in [1.165, 1.54) is 31.6 Å². The SMILES string of the molecule is COc1ccc(NS(=O)(=O)c2ccsc2CN)c(OC)c1. The highest BCUT2D eigenvalue weighted by Crippen LogP contribution is 2.32. The van der Waals surface area contributed by atoms with Crippen molar-refractivity contribution in [2.24, 2.45) is 5.73 Å². The van der Waals surface area contributed by atoms with Crippen LogP contribution in [-0.2, 0) is 16.6 Å². The molecule has 8 heteroatoms. The highest BCUT2D eigenvalue weighted by Gasteiger charge is 2.21. The molecular weight excluding hydrogens is 312 g/mol. The van der Waals surface area contributed by atoms with Gasteiger partial charge >= 0.3 is 0 Å². The minimum atomic E-state index is -3.71. The number of anilines is 1. The average Bonchev–Trinajstić information content (AvgIpc) is 2.96. The summed E-state index contributed by atoms with van der Waals surface area (Å²) in [6.45, 7) is 0.174. The van der Waals surface area contributed by atoms with Crippen molar-refractivity contribution in [1.82, 2.24) is 0 Å². The number of ether oxygens (including phenoxy) is 2. The van der Waals surface area contributed by atoms with E-state index in [0.29, 0.717) is 22.1 Å². The van der Waals surface area contributed by atoms with Gasteiger partial charge < -0.3 is 15.2 Å². The molecule has 0 amide bonds. The number of sulfonamides is 1. The smallest absolute Gasteiger partial charge is 0.263 e. The van der Waals surface area contributed by atoms with Gasteiger partial charge in [-0.3, -0.25) is 4.72 Å². The molecule has 0 radical (unpaired) electrons. The topological polar surface area (TPSA) is 90.7 Å². The van der Waals surface area contributed by atoms with E-state index in [2.05, 4.69) is 4.72 Å². The Labute approximate surface area is 127 Å². The van der Waals surface area contributed by atoms with E-state index in [-0.39, 0.29) is 11.4 Å². The van der Waals surface area contributed by atoms with Crippen molar-refractivity contribution in [2.75, 3.05) is 18.9 Å². The van der Waals surface area contributed by atoms with Crippen molar-refractivity contribution in [3.8, 4) is 11.5 Å². The summed E-state index contributed by atoms with van der Waals surface area (Å²) in [4.78, 5) is 0.794. The lowest BCUT2D eigenvalue weighted by molar-refractivity contribution is 0.395. The van der Waals surface area contributed by atoms with Crippen molar-refractivity contribution in [3.05, 3.63) is 34.5 Å². The molecule has 0 aliphatic heterocycles. The second kappa shape index (κ2) is 6.33. The maximum Gasteiger partial charge on any atom is 0.263 e. The van der Waals surface area contributed by atoms with Crippen LogP contribution in [-0.4, -0.2) is 22.6 Å². The first-order valence-electron chi connectivity index (χ1n) is 6.03. The van der Waals surface area contributed by atoms with Crippen LogP contribution in [0, 0.1) is 0 Å². The predicted octanol–water partition coefficient (Wildman–Crippen LogP) is 2.02. The van der Waals surface area contributed by atoms with E-state index in [1.807, 2.05) is 0 Å². The highest BCUT2D eigenvalue weighted by molar-refractivity contribution is 7.93. The van der Waals surface area contributed by atoms with Crippen LogP contribution in [0.2, 0.25) is 0 Å². The lowest BCUT2D eigenvalue weighted by atomic mass is 10.3. The lowest BCUT2D eigenvalue weighted by Gasteiger charge is -2.13. The predicted molar refractivity (Wildman–Crippen MR) is 82.6 cm³/mol. The Kier molecular flexibility index (Phi) is 4.71. The molecular formula is C13H16N2O4S2. The molecule has 0 aliphatic rings. The first-order valence-corrected chi connectivity index (χ1v) is 8.39. The molecule has 0 bridgehead atoms. The molecule has 3 N–H and O–H groups in total. The second-order valence-electron chi connectivity index (χ2n) is 4.08. The zero-order valence-corrected chi connectivity index (χ0v) is 13.3. The summed E-state index contributed by atoms with van der Waals surface area (Å²) in [7, 11) is -0.719. The number of methoxy groups -OCH3 is 2. The van der Waals surface area contributed by atoms with Gasteiger partial charge in [0.1, 0.15) is 16.4 Å². The van der Waals surface area contributed by atoms with E-state index in [0.717, 1.165) is 0 Å². The van der Waals surface area contributed by atoms with Gasteiger partial charge in [-0.05, 0) is 23.6 Å². The normalized spacial score (nSPS) is 11.2. The third-order valence-corrected chi connectivity index (χ3v) is 5.36. The zero-order valence-electron chi connectivity index (χ0n) is 11.6. The van der Waals surface area contributed by atoms with Gasteiger partial charge in [-0.2, -0.15) is 0 Å². The van der Waals surface area contributed by atoms with Gasteiger partial charge in [0.05, 0.1) is 19.9 Å². The molecule has 1 aromatic carbocycles. The number of nitrogens with one attached hydrogen (secondary N) is 1. The van der Waals surface area contributed by atoms with Crippen molar-refractivity contribution in [1.29, 1.82) is 0 Å². The molecule has 0 aliphatic carbocycles. The Hall–Kier alpha value is -1.77. The van der Waals surface area contributed by atoms with Gasteiger partial charge in [0, 0.05) is 17.5 Å². The molecule has 0 atom stereocenters. The van der Waals surface area contributed by atoms with Gasteiger partial charge in [-0.25, -0.2) is 8.42 Å². The van der Waals surface area contributed by atoms with E-state index >= 15 is 0 Å². The summed E-state index contributed by atoms with van der Waals surface area (Å²) in [6.07, 6.45) is 0. The molecule has 1 heterocycles. The summed E-state index contributed by atoms with van der Waals surface area (Å²) >= 11 is 1.31. The summed E-state index contributed by atoms with van der Waals surface area (Å²) in [5.74, 6) is 0.954. The summed E-state index contributed by atoms with van der Waals surface area (Å²) in [5, 5.41) is 1.70. The van der Waals surface area contributed by atoms with E-state index in [1.54, 1.807) is 23.6 Å². The molecule has 6 nitrogen and oxygen atoms in total. The molecule has 0 saturated heterocycles. The van der Waals surface area contributed by atoms with Gasteiger partial charge in [0.2, 0.25) is 0 Å². The Morgan fingerprint density at radius 1 is 1.24 bits per heavy atom. The summed E-state index contributed by atoms with van der Waals surface area (Å²) in [6, 6.07) is 6.38. The fourth-order valence-electron chi connectivity index (χ4n) is 1.80. The summed E-state index contributed by atoms with van der Waals surface area (Å²) in [5.41, 5.74) is 5.90. The molecule has 2 rings (SSSR count). The molecule has 2 aromatic rings. The van der Waals surface area contributed by atoms with Gasteiger partial charge in [-0.15, -0.1) is 11.3 Å². The van der Waals surface area contributed by atoms with Crippen LogP contribution in [0.1, 0.15) is 4.88 Å². The first-order chi connectivity index (χ1) is 10.0. The molecule has 0 fully saturated rings. The van der Waals surface area contributed by atoms with Crippen LogP contribution in [0.25, 0.3) is 0 Å². The zero-order chi connectivity index (χ0) is 15.5. The third kappa shape index (κ3) is 3.29. The molecule has 1 aromatic heterocycles. The minimum Gasteiger partial charge on any atom is -0.497 e. The Morgan fingerprint density at radius 2 is 2.00 bits per heavy atom. The second-order valence-corrected chi connectivity index (χ2v) is 6.74. The molecule has 114 valence electrons. The first kappa shape index (κ1) is 15.6. The van der Waals surface area contributed by atoms with E-state index in [4.69, 9.17) is 15.2 Å². The quantitative estimate of drug-likeness (QED) is 0.846. The Morgan fingerprint density at radius 3 is 2.62 bits per heavy atom. The number of thiophene rings is 1. The monoisotopic (exact) mass is 328 g/mol. The van der Waals surface area contributed by atoms with Crippen LogP contribution >= 0.6 is 11.3 Å².